The van der Waals surface area contributed by atoms with Crippen molar-refractivity contribution in [3.05, 3.63) is 17.3 Å². The third kappa shape index (κ3) is 2.44. The van der Waals surface area contributed by atoms with Gasteiger partial charge in [0.05, 0.1) is 0 Å². The molecule has 2 heterocycles. The summed E-state index contributed by atoms with van der Waals surface area (Å²) in [6.45, 7) is 0.499. The molecule has 1 aliphatic heterocycles. The number of oxazole rings is 1. The van der Waals surface area contributed by atoms with Crippen LogP contribution in [0.15, 0.2) is 4.42 Å². The van der Waals surface area contributed by atoms with Gasteiger partial charge in [-0.05, 0) is 19.3 Å². The van der Waals surface area contributed by atoms with Crippen LogP contribution in [-0.4, -0.2) is 22.7 Å². The van der Waals surface area contributed by atoms with Crippen molar-refractivity contribution < 1.29 is 27.8 Å². The van der Waals surface area contributed by atoms with E-state index in [1.54, 1.807) is 0 Å². The number of hydrogen-bond donors (Lipinski definition) is 1. The van der Waals surface area contributed by atoms with Gasteiger partial charge in [-0.1, -0.05) is 0 Å². The molecule has 2 rings (SSSR count). The Morgan fingerprint density at radius 1 is 1.47 bits per heavy atom. The van der Waals surface area contributed by atoms with E-state index < -0.39 is 30.0 Å². The predicted octanol–water partition coefficient (Wildman–Crippen LogP) is 2.55. The molecule has 7 heteroatoms. The molecule has 0 radical (unpaired) electrons. The summed E-state index contributed by atoms with van der Waals surface area (Å²) < 4.78 is 35.2. The molecule has 5 nitrogen and oxygen atoms in total. The first-order valence-electron chi connectivity index (χ1n) is 5.23. The molecule has 0 aromatic carbocycles. The Balaban J connectivity index is 2.29. The Morgan fingerprint density at radius 3 is 2.71 bits per heavy atom. The molecule has 1 atom stereocenters. The summed E-state index contributed by atoms with van der Waals surface area (Å²) in [5.74, 6) is -2.42. The molecule has 1 N–H and O–H groups in total. The minimum atomic E-state index is -2.97. The Bertz CT molecular complexity index is 412. The van der Waals surface area contributed by atoms with Gasteiger partial charge >= 0.3 is 5.97 Å². The van der Waals surface area contributed by atoms with E-state index in [1.807, 2.05) is 0 Å². The maximum atomic E-state index is 12.5. The average molecular weight is 247 g/mol. The minimum Gasteiger partial charge on any atom is -0.475 e. The maximum Gasteiger partial charge on any atom is 0.374 e. The van der Waals surface area contributed by atoms with Crippen LogP contribution in [0.3, 0.4) is 0 Å². The van der Waals surface area contributed by atoms with Crippen LogP contribution in [-0.2, 0) is 4.74 Å². The number of rotatable bonds is 3. The van der Waals surface area contributed by atoms with E-state index in [2.05, 4.69) is 4.98 Å². The zero-order valence-electron chi connectivity index (χ0n) is 8.86. The van der Waals surface area contributed by atoms with Gasteiger partial charge in [0.25, 0.3) is 6.43 Å². The third-order valence-corrected chi connectivity index (χ3v) is 2.53. The lowest BCUT2D eigenvalue weighted by atomic mass is 10.1. The molecular formula is C10H11F2NO4. The van der Waals surface area contributed by atoms with Crippen molar-refractivity contribution in [2.24, 2.45) is 0 Å². The van der Waals surface area contributed by atoms with Gasteiger partial charge in [-0.3, -0.25) is 0 Å². The highest BCUT2D eigenvalue weighted by molar-refractivity contribution is 5.85. The number of nitrogens with zero attached hydrogens (tertiary/aromatic N) is 1. The fraction of sp³-hybridized carbons (Fsp3) is 0.600. The summed E-state index contributed by atoms with van der Waals surface area (Å²) in [5.41, 5.74) is -0.832. The summed E-state index contributed by atoms with van der Waals surface area (Å²) in [4.78, 5) is 14.2. The molecule has 1 aromatic rings. The zero-order chi connectivity index (χ0) is 12.4. The third-order valence-electron chi connectivity index (χ3n) is 2.53. The molecule has 0 amide bonds. The van der Waals surface area contributed by atoms with Crippen LogP contribution < -0.4 is 0 Å². The molecule has 0 bridgehead atoms. The Labute approximate surface area is 95.4 Å². The van der Waals surface area contributed by atoms with Gasteiger partial charge in [0.15, 0.2) is 5.69 Å². The van der Waals surface area contributed by atoms with Crippen molar-refractivity contribution in [3.63, 3.8) is 0 Å². The van der Waals surface area contributed by atoms with E-state index in [0.717, 1.165) is 12.8 Å². The van der Waals surface area contributed by atoms with E-state index in [4.69, 9.17) is 14.3 Å². The zero-order valence-corrected chi connectivity index (χ0v) is 8.86. The Hall–Kier alpha value is -1.50. The molecule has 1 saturated heterocycles. The molecular weight excluding hydrogens is 236 g/mol. The minimum absolute atomic E-state index is 0.0719. The monoisotopic (exact) mass is 247 g/mol. The van der Waals surface area contributed by atoms with Crippen LogP contribution in [0.25, 0.3) is 0 Å². The molecule has 0 aliphatic carbocycles. The normalized spacial score (nSPS) is 20.8. The van der Waals surface area contributed by atoms with Gasteiger partial charge in [0.2, 0.25) is 11.7 Å². The second-order valence-electron chi connectivity index (χ2n) is 3.73. The number of aromatic nitrogens is 1. The van der Waals surface area contributed by atoms with Crippen LogP contribution in [0.1, 0.15) is 53.9 Å². The first-order valence-corrected chi connectivity index (χ1v) is 5.23. The second kappa shape index (κ2) is 4.79. The number of hydrogen-bond acceptors (Lipinski definition) is 4. The molecule has 1 aromatic heterocycles. The largest absolute Gasteiger partial charge is 0.475 e. The SMILES string of the molecule is O=C(O)c1oc(C2CCCCO2)nc1C(F)F. The fourth-order valence-electron chi connectivity index (χ4n) is 1.72. The fourth-order valence-corrected chi connectivity index (χ4v) is 1.72. The number of ether oxygens (including phenoxy) is 1. The number of alkyl halides is 2. The van der Waals surface area contributed by atoms with E-state index in [0.29, 0.717) is 13.0 Å². The smallest absolute Gasteiger partial charge is 0.374 e. The van der Waals surface area contributed by atoms with Crippen molar-refractivity contribution in [3.8, 4) is 0 Å². The van der Waals surface area contributed by atoms with Gasteiger partial charge in [0.1, 0.15) is 6.10 Å². The number of carboxylic acids is 1. The van der Waals surface area contributed by atoms with Crippen molar-refractivity contribution in [1.29, 1.82) is 0 Å². The van der Waals surface area contributed by atoms with Crippen molar-refractivity contribution in [2.75, 3.05) is 6.61 Å². The first kappa shape index (κ1) is 12.0. The summed E-state index contributed by atoms with van der Waals surface area (Å²) in [6, 6.07) is 0. The maximum absolute atomic E-state index is 12.5. The van der Waals surface area contributed by atoms with Crippen LogP contribution in [0.4, 0.5) is 8.78 Å². The number of aromatic carboxylic acids is 1. The van der Waals surface area contributed by atoms with Gasteiger partial charge < -0.3 is 14.3 Å². The molecule has 1 aliphatic rings. The number of carboxylic acid groups (broad SMARTS) is 1. The highest BCUT2D eigenvalue weighted by Gasteiger charge is 2.30. The van der Waals surface area contributed by atoms with Crippen molar-refractivity contribution in [2.45, 2.75) is 31.8 Å². The van der Waals surface area contributed by atoms with Gasteiger partial charge in [-0.25, -0.2) is 18.6 Å². The topological polar surface area (TPSA) is 72.6 Å². The Kier molecular flexibility index (Phi) is 3.37. The van der Waals surface area contributed by atoms with Crippen molar-refractivity contribution >= 4 is 5.97 Å². The lowest BCUT2D eigenvalue weighted by Crippen LogP contribution is -2.11. The van der Waals surface area contributed by atoms with Gasteiger partial charge in [-0.15, -0.1) is 0 Å². The van der Waals surface area contributed by atoms with E-state index in [9.17, 15) is 13.6 Å². The van der Waals surface area contributed by atoms with Crippen LogP contribution in [0, 0.1) is 0 Å². The lowest BCUT2D eigenvalue weighted by molar-refractivity contribution is -0.00232. The number of halogens is 2. The summed E-state index contributed by atoms with van der Waals surface area (Å²) in [7, 11) is 0. The van der Waals surface area contributed by atoms with Gasteiger partial charge in [-0.2, -0.15) is 0 Å². The van der Waals surface area contributed by atoms with Crippen LogP contribution >= 0.6 is 0 Å². The molecule has 1 fully saturated rings. The second-order valence-corrected chi connectivity index (χ2v) is 3.73. The highest BCUT2D eigenvalue weighted by atomic mass is 19.3. The first-order chi connectivity index (χ1) is 8.09. The standard InChI is InChI=1S/C10H11F2NO4/c11-8(12)6-7(10(14)15)17-9(13-6)5-3-1-2-4-16-5/h5,8H,1-4H2,(H,14,15). The summed E-state index contributed by atoms with van der Waals surface area (Å²) >= 11 is 0. The Morgan fingerprint density at radius 2 is 2.24 bits per heavy atom. The van der Waals surface area contributed by atoms with E-state index >= 15 is 0 Å². The molecule has 1 unspecified atom stereocenters. The van der Waals surface area contributed by atoms with Crippen LogP contribution in [0.5, 0.6) is 0 Å². The van der Waals surface area contributed by atoms with Crippen molar-refractivity contribution in [1.82, 2.24) is 4.98 Å². The lowest BCUT2D eigenvalue weighted by Gasteiger charge is -2.19. The quantitative estimate of drug-likeness (QED) is 0.888. The van der Waals surface area contributed by atoms with E-state index in [1.165, 1.54) is 0 Å². The highest BCUT2D eigenvalue weighted by Crippen LogP contribution is 2.31. The summed E-state index contributed by atoms with van der Waals surface area (Å²) in [6.07, 6.45) is -1.12. The average Bonchev–Trinajstić information content (AvgIpc) is 2.75. The van der Waals surface area contributed by atoms with E-state index in [-0.39, 0.29) is 5.89 Å². The van der Waals surface area contributed by atoms with Crippen LogP contribution in [0.2, 0.25) is 0 Å². The molecule has 17 heavy (non-hydrogen) atoms. The molecule has 0 spiro atoms. The number of carbonyl (C=O) groups is 1. The van der Waals surface area contributed by atoms with Gasteiger partial charge in [0, 0.05) is 6.61 Å². The summed E-state index contributed by atoms with van der Waals surface area (Å²) in [5, 5.41) is 8.72. The predicted molar refractivity (Wildman–Crippen MR) is 51.0 cm³/mol. The molecule has 0 saturated carbocycles. The molecule has 94 valence electrons.